The van der Waals surface area contributed by atoms with Crippen molar-refractivity contribution in [1.82, 2.24) is 4.90 Å². The molecule has 1 aromatic carbocycles. The zero-order chi connectivity index (χ0) is 15.0. The molecule has 0 bridgehead atoms. The second-order valence-corrected chi connectivity index (χ2v) is 5.64. The average molecular weight is 312 g/mol. The molecule has 110 valence electrons. The molecule has 1 amide bonds. The maximum Gasteiger partial charge on any atom is 0.406 e. The number of nitrogens with one attached hydrogen (secondary N) is 1. The van der Waals surface area contributed by atoms with Gasteiger partial charge in [-0.3, -0.25) is 4.79 Å². The van der Waals surface area contributed by atoms with Crippen LogP contribution in [-0.4, -0.2) is 23.5 Å². The lowest BCUT2D eigenvalue weighted by atomic mass is 10.1. The summed E-state index contributed by atoms with van der Waals surface area (Å²) in [6, 6.07) is 10.1. The van der Waals surface area contributed by atoms with Gasteiger partial charge in [-0.25, -0.2) is 0 Å². The number of hydrogen-bond donors (Lipinski definition) is 1. The van der Waals surface area contributed by atoms with E-state index in [4.69, 9.17) is 0 Å². The normalized spacial score (nSPS) is 18.3. The second kappa shape index (κ2) is 5.07. The quantitative estimate of drug-likeness (QED) is 0.913. The average Bonchev–Trinajstić information content (AvgIpc) is 2.94. The fraction of sp³-hybridized carbons (Fsp3) is 0.214. The van der Waals surface area contributed by atoms with Crippen LogP contribution in [0.4, 0.5) is 18.9 Å². The number of carbonyl (C=O) groups excluding carboxylic acids is 1. The number of amides is 1. The first kappa shape index (κ1) is 13.9. The van der Waals surface area contributed by atoms with Crippen LogP contribution in [0.1, 0.15) is 21.4 Å². The molecule has 3 nitrogen and oxygen atoms in total. The molecule has 2 aromatic rings. The van der Waals surface area contributed by atoms with Crippen LogP contribution >= 0.6 is 11.3 Å². The highest BCUT2D eigenvalue weighted by Gasteiger charge is 2.40. The molecule has 1 aromatic heterocycles. The Kier molecular flexibility index (Phi) is 3.36. The Hall–Kier alpha value is -2.02. The molecule has 1 atom stereocenters. The molecule has 1 N–H and O–H groups in total. The Morgan fingerprint density at radius 2 is 1.95 bits per heavy atom. The van der Waals surface area contributed by atoms with E-state index in [0.29, 0.717) is 10.6 Å². The highest BCUT2D eigenvalue weighted by Crippen LogP contribution is 2.36. The first-order chi connectivity index (χ1) is 9.96. The van der Waals surface area contributed by atoms with Crippen LogP contribution in [0.15, 0.2) is 41.8 Å². The molecule has 1 aliphatic heterocycles. The van der Waals surface area contributed by atoms with Crippen LogP contribution in [0.2, 0.25) is 0 Å². The maximum atomic E-state index is 12.8. The van der Waals surface area contributed by atoms with E-state index in [1.54, 1.807) is 35.7 Å². The summed E-state index contributed by atoms with van der Waals surface area (Å²) in [6.07, 6.45) is -5.24. The molecule has 3 rings (SSSR count). The number of rotatable bonds is 2. The molecule has 7 heteroatoms. The van der Waals surface area contributed by atoms with Crippen molar-refractivity contribution >= 4 is 22.9 Å². The van der Waals surface area contributed by atoms with Gasteiger partial charge in [-0.2, -0.15) is 13.2 Å². The van der Waals surface area contributed by atoms with Crippen molar-refractivity contribution in [3.63, 3.8) is 0 Å². The number of halogens is 3. The first-order valence-electron chi connectivity index (χ1n) is 6.22. The Bertz CT molecular complexity index is 654. The van der Waals surface area contributed by atoms with Crippen LogP contribution < -0.4 is 5.32 Å². The summed E-state index contributed by atoms with van der Waals surface area (Å²) in [5.41, 5.74) is 0.814. The Labute approximate surface area is 123 Å². The van der Waals surface area contributed by atoms with Crippen LogP contribution in [0.3, 0.4) is 0 Å². The molecule has 1 aliphatic rings. The number of benzene rings is 1. The standard InChI is InChI=1S/C14H11F3N2OS/c15-14(16,17)8-19-12(11-6-3-7-21-11)18-10-5-2-1-4-9(10)13(19)20/h1-7,12,18H,8H2. The third-order valence-electron chi connectivity index (χ3n) is 3.18. The van der Waals surface area contributed by atoms with Crippen molar-refractivity contribution in [2.75, 3.05) is 11.9 Å². The molecule has 0 saturated heterocycles. The second-order valence-electron chi connectivity index (χ2n) is 4.66. The monoisotopic (exact) mass is 312 g/mol. The van der Waals surface area contributed by atoms with Gasteiger partial charge in [-0.15, -0.1) is 11.3 Å². The van der Waals surface area contributed by atoms with Crippen LogP contribution in [-0.2, 0) is 0 Å². The van der Waals surface area contributed by atoms with Gasteiger partial charge in [0.15, 0.2) is 0 Å². The number of anilines is 1. The van der Waals surface area contributed by atoms with Gasteiger partial charge in [0.05, 0.1) is 5.56 Å². The molecule has 0 spiro atoms. The van der Waals surface area contributed by atoms with Crippen molar-refractivity contribution in [1.29, 1.82) is 0 Å². The van der Waals surface area contributed by atoms with E-state index in [9.17, 15) is 18.0 Å². The van der Waals surface area contributed by atoms with Crippen molar-refractivity contribution in [2.24, 2.45) is 0 Å². The number of nitrogens with zero attached hydrogens (tertiary/aromatic N) is 1. The van der Waals surface area contributed by atoms with Crippen LogP contribution in [0, 0.1) is 0 Å². The predicted molar refractivity (Wildman–Crippen MR) is 74.2 cm³/mol. The van der Waals surface area contributed by atoms with E-state index in [1.165, 1.54) is 17.4 Å². The van der Waals surface area contributed by atoms with E-state index in [0.717, 1.165) is 4.90 Å². The third kappa shape index (κ3) is 2.73. The number of alkyl halides is 3. The van der Waals surface area contributed by atoms with E-state index in [-0.39, 0.29) is 5.56 Å². The van der Waals surface area contributed by atoms with Gasteiger partial charge >= 0.3 is 6.18 Å². The number of hydrogen-bond acceptors (Lipinski definition) is 3. The smallest absolute Gasteiger partial charge is 0.360 e. The van der Waals surface area contributed by atoms with Crippen molar-refractivity contribution in [3.05, 3.63) is 52.2 Å². The summed E-state index contributed by atoms with van der Waals surface area (Å²) in [6.45, 7) is -1.28. The predicted octanol–water partition coefficient (Wildman–Crippen LogP) is 3.88. The number of carbonyl (C=O) groups is 1. The summed E-state index contributed by atoms with van der Waals surface area (Å²) >= 11 is 1.31. The molecule has 0 aliphatic carbocycles. The van der Waals surface area contributed by atoms with Crippen molar-refractivity contribution in [3.8, 4) is 0 Å². The Morgan fingerprint density at radius 3 is 2.62 bits per heavy atom. The molecule has 0 fully saturated rings. The minimum absolute atomic E-state index is 0.259. The molecular formula is C14H11F3N2OS. The third-order valence-corrected chi connectivity index (χ3v) is 4.11. The van der Waals surface area contributed by atoms with E-state index in [2.05, 4.69) is 5.32 Å². The first-order valence-corrected chi connectivity index (χ1v) is 7.10. The lowest BCUT2D eigenvalue weighted by Gasteiger charge is -2.37. The molecule has 0 saturated carbocycles. The molecule has 0 radical (unpaired) electrons. The molecular weight excluding hydrogens is 301 g/mol. The summed E-state index contributed by atoms with van der Waals surface area (Å²) in [5, 5.41) is 4.79. The SMILES string of the molecule is O=C1c2ccccc2NC(c2cccs2)N1CC(F)(F)F. The highest BCUT2D eigenvalue weighted by atomic mass is 32.1. The molecule has 2 heterocycles. The van der Waals surface area contributed by atoms with Gasteiger partial charge in [0.1, 0.15) is 12.7 Å². The zero-order valence-electron chi connectivity index (χ0n) is 10.7. The number of fused-ring (bicyclic) bond motifs is 1. The summed E-state index contributed by atoms with van der Waals surface area (Å²) in [5.74, 6) is -0.611. The molecule has 1 unspecified atom stereocenters. The zero-order valence-corrected chi connectivity index (χ0v) is 11.5. The Morgan fingerprint density at radius 1 is 1.19 bits per heavy atom. The van der Waals surface area contributed by atoms with Crippen LogP contribution in [0.25, 0.3) is 0 Å². The van der Waals surface area contributed by atoms with E-state index >= 15 is 0 Å². The van der Waals surface area contributed by atoms with E-state index < -0.39 is 24.8 Å². The van der Waals surface area contributed by atoms with E-state index in [1.807, 2.05) is 0 Å². The Balaban J connectivity index is 2.03. The minimum atomic E-state index is -4.45. The largest absolute Gasteiger partial charge is 0.406 e. The van der Waals surface area contributed by atoms with Crippen LogP contribution in [0.5, 0.6) is 0 Å². The van der Waals surface area contributed by atoms with Gasteiger partial charge in [-0.05, 0) is 23.6 Å². The van der Waals surface area contributed by atoms with Gasteiger partial charge in [-0.1, -0.05) is 18.2 Å². The molecule has 21 heavy (non-hydrogen) atoms. The maximum absolute atomic E-state index is 12.8. The van der Waals surface area contributed by atoms with Gasteiger partial charge in [0.25, 0.3) is 5.91 Å². The summed E-state index contributed by atoms with van der Waals surface area (Å²) in [7, 11) is 0. The minimum Gasteiger partial charge on any atom is -0.360 e. The van der Waals surface area contributed by atoms with Crippen molar-refractivity contribution in [2.45, 2.75) is 12.3 Å². The van der Waals surface area contributed by atoms with Gasteiger partial charge < -0.3 is 10.2 Å². The summed E-state index contributed by atoms with van der Waals surface area (Å²) < 4.78 is 38.4. The fourth-order valence-electron chi connectivity index (χ4n) is 2.32. The highest BCUT2D eigenvalue weighted by molar-refractivity contribution is 7.10. The lowest BCUT2D eigenvalue weighted by molar-refractivity contribution is -0.144. The van der Waals surface area contributed by atoms with Crippen molar-refractivity contribution < 1.29 is 18.0 Å². The van der Waals surface area contributed by atoms with Gasteiger partial charge in [0, 0.05) is 10.6 Å². The topological polar surface area (TPSA) is 32.3 Å². The fourth-order valence-corrected chi connectivity index (χ4v) is 3.11. The number of para-hydroxylation sites is 1. The lowest BCUT2D eigenvalue weighted by Crippen LogP contribution is -2.47. The number of thiophene rings is 1. The summed E-state index contributed by atoms with van der Waals surface area (Å²) in [4.78, 5) is 13.9. The van der Waals surface area contributed by atoms with Gasteiger partial charge in [0.2, 0.25) is 0 Å².